The van der Waals surface area contributed by atoms with Gasteiger partial charge in [0.15, 0.2) is 0 Å². The van der Waals surface area contributed by atoms with Gasteiger partial charge in [-0.1, -0.05) is 0 Å². The second-order valence-corrected chi connectivity index (χ2v) is 5.41. The van der Waals surface area contributed by atoms with Crippen LogP contribution in [0.2, 0.25) is 0 Å². The minimum atomic E-state index is -3.82. The summed E-state index contributed by atoms with van der Waals surface area (Å²) in [5, 5.41) is 0.194. The van der Waals surface area contributed by atoms with Crippen LogP contribution in [0.4, 0.5) is 0 Å². The van der Waals surface area contributed by atoms with Gasteiger partial charge < -0.3 is 4.98 Å². The molecule has 1 aromatic heterocycles. The topological polar surface area (TPSA) is 79.9 Å². The van der Waals surface area contributed by atoms with E-state index in [2.05, 4.69) is 9.97 Å². The molecule has 7 heteroatoms. The summed E-state index contributed by atoms with van der Waals surface area (Å²) in [6, 6.07) is 3.93. The molecule has 1 N–H and O–H groups in total. The van der Waals surface area contributed by atoms with Gasteiger partial charge in [-0.05, 0) is 18.2 Å². The number of H-pyrrole nitrogens is 1. The molecular weight excluding hydrogens is 240 g/mol. The van der Waals surface area contributed by atoms with Crippen molar-refractivity contribution in [3.63, 3.8) is 0 Å². The first-order chi connectivity index (χ1) is 6.98. The van der Waals surface area contributed by atoms with E-state index in [0.29, 0.717) is 5.52 Å². The average Bonchev–Trinajstić information content (AvgIpc) is 2.16. The highest BCUT2D eigenvalue weighted by Gasteiger charge is 2.11. The van der Waals surface area contributed by atoms with Crippen LogP contribution in [0.5, 0.6) is 0 Å². The summed E-state index contributed by atoms with van der Waals surface area (Å²) in [5.74, 6) is 0. The molecular formula is C8H5ClN2O3S. The molecule has 1 aromatic carbocycles. The minimum absolute atomic E-state index is 0.116. The van der Waals surface area contributed by atoms with Crippen LogP contribution in [0.15, 0.2) is 34.2 Å². The lowest BCUT2D eigenvalue weighted by Crippen LogP contribution is -2.06. The molecule has 1 heterocycles. The van der Waals surface area contributed by atoms with Crippen molar-refractivity contribution >= 4 is 30.6 Å². The van der Waals surface area contributed by atoms with Crippen molar-refractivity contribution in [1.82, 2.24) is 9.97 Å². The number of fused-ring (bicyclic) bond motifs is 1. The Morgan fingerprint density at radius 3 is 2.73 bits per heavy atom. The molecule has 0 aliphatic rings. The Morgan fingerprint density at radius 1 is 1.33 bits per heavy atom. The second kappa shape index (κ2) is 3.32. The molecule has 2 aromatic rings. The highest BCUT2D eigenvalue weighted by Crippen LogP contribution is 2.17. The van der Waals surface area contributed by atoms with Crippen molar-refractivity contribution in [3.8, 4) is 0 Å². The average molecular weight is 245 g/mol. The molecule has 2 rings (SSSR count). The first-order valence-corrected chi connectivity index (χ1v) is 6.21. The van der Waals surface area contributed by atoms with Gasteiger partial charge in [-0.15, -0.1) is 0 Å². The van der Waals surface area contributed by atoms with E-state index in [1.807, 2.05) is 0 Å². The van der Waals surface area contributed by atoms with E-state index in [4.69, 9.17) is 10.7 Å². The van der Waals surface area contributed by atoms with E-state index in [1.54, 1.807) is 0 Å². The van der Waals surface area contributed by atoms with Crippen molar-refractivity contribution in [2.45, 2.75) is 4.90 Å². The third-order valence-corrected chi connectivity index (χ3v) is 3.24. The molecule has 0 amide bonds. The number of nitrogens with one attached hydrogen (secondary N) is 1. The fourth-order valence-corrected chi connectivity index (χ4v) is 1.98. The van der Waals surface area contributed by atoms with E-state index in [-0.39, 0.29) is 10.3 Å². The van der Waals surface area contributed by atoms with Gasteiger partial charge in [0.05, 0.1) is 22.1 Å². The first-order valence-electron chi connectivity index (χ1n) is 3.90. The minimum Gasteiger partial charge on any atom is -0.313 e. The predicted molar refractivity (Wildman–Crippen MR) is 55.4 cm³/mol. The van der Waals surface area contributed by atoms with Gasteiger partial charge in [0, 0.05) is 10.7 Å². The normalized spacial score (nSPS) is 11.8. The smallest absolute Gasteiger partial charge is 0.261 e. The molecule has 78 valence electrons. The molecule has 0 aliphatic heterocycles. The van der Waals surface area contributed by atoms with Crippen LogP contribution in [-0.4, -0.2) is 18.4 Å². The van der Waals surface area contributed by atoms with Crippen molar-refractivity contribution in [2.75, 3.05) is 0 Å². The van der Waals surface area contributed by atoms with Gasteiger partial charge in [0.25, 0.3) is 14.6 Å². The van der Waals surface area contributed by atoms with Crippen LogP contribution in [0, 0.1) is 0 Å². The van der Waals surface area contributed by atoms with Gasteiger partial charge in [0.1, 0.15) is 0 Å². The van der Waals surface area contributed by atoms with Gasteiger partial charge in [-0.2, -0.15) is 0 Å². The fourth-order valence-electron chi connectivity index (χ4n) is 1.20. The van der Waals surface area contributed by atoms with Crippen molar-refractivity contribution in [1.29, 1.82) is 0 Å². The predicted octanol–water partition coefficient (Wildman–Crippen LogP) is 0.851. The lowest BCUT2D eigenvalue weighted by molar-refractivity contribution is 0.609. The molecule has 0 radical (unpaired) electrons. The van der Waals surface area contributed by atoms with Crippen LogP contribution >= 0.6 is 10.7 Å². The Labute approximate surface area is 89.1 Å². The molecule has 5 nitrogen and oxygen atoms in total. The summed E-state index contributed by atoms with van der Waals surface area (Å²) in [4.78, 5) is 17.4. The Bertz CT molecular complexity index is 678. The van der Waals surface area contributed by atoms with E-state index >= 15 is 0 Å². The molecule has 0 fully saturated rings. The Kier molecular flexibility index (Phi) is 2.24. The number of halogens is 1. The monoisotopic (exact) mass is 244 g/mol. The van der Waals surface area contributed by atoms with Gasteiger partial charge in [-0.3, -0.25) is 4.79 Å². The van der Waals surface area contributed by atoms with E-state index in [1.165, 1.54) is 24.5 Å². The molecule has 15 heavy (non-hydrogen) atoms. The second-order valence-electron chi connectivity index (χ2n) is 2.85. The van der Waals surface area contributed by atoms with Crippen LogP contribution in [-0.2, 0) is 9.05 Å². The van der Waals surface area contributed by atoms with Crippen molar-refractivity contribution < 1.29 is 8.42 Å². The Hall–Kier alpha value is -1.40. The zero-order valence-electron chi connectivity index (χ0n) is 7.27. The third kappa shape index (κ3) is 1.86. The quantitative estimate of drug-likeness (QED) is 0.755. The highest BCUT2D eigenvalue weighted by molar-refractivity contribution is 8.13. The molecule has 0 bridgehead atoms. The first kappa shape index (κ1) is 10.1. The van der Waals surface area contributed by atoms with Crippen LogP contribution in [0.3, 0.4) is 0 Å². The van der Waals surface area contributed by atoms with E-state index < -0.39 is 14.6 Å². The number of nitrogens with zero attached hydrogens (tertiary/aromatic N) is 1. The molecule has 0 atom stereocenters. The van der Waals surface area contributed by atoms with Crippen LogP contribution in [0.25, 0.3) is 10.9 Å². The molecule has 0 unspecified atom stereocenters. The van der Waals surface area contributed by atoms with Crippen LogP contribution < -0.4 is 5.56 Å². The maximum atomic E-state index is 11.3. The Morgan fingerprint density at radius 2 is 2.07 bits per heavy atom. The van der Waals surface area contributed by atoms with Gasteiger partial charge in [-0.25, -0.2) is 13.4 Å². The largest absolute Gasteiger partial charge is 0.313 e. The summed E-state index contributed by atoms with van der Waals surface area (Å²) in [7, 11) is 1.33. The fraction of sp³-hybridized carbons (Fsp3) is 0. The molecule has 0 aliphatic carbocycles. The lowest BCUT2D eigenvalue weighted by atomic mass is 10.2. The maximum Gasteiger partial charge on any atom is 0.261 e. The molecule has 0 saturated heterocycles. The zero-order valence-corrected chi connectivity index (χ0v) is 8.84. The number of hydrogen-bond acceptors (Lipinski definition) is 4. The van der Waals surface area contributed by atoms with E-state index in [9.17, 15) is 13.2 Å². The summed E-state index contributed by atoms with van der Waals surface area (Å²) in [6.07, 6.45) is 1.25. The van der Waals surface area contributed by atoms with E-state index in [0.717, 1.165) is 0 Å². The molecule has 0 saturated carbocycles. The molecule has 0 spiro atoms. The van der Waals surface area contributed by atoms with Crippen molar-refractivity contribution in [3.05, 3.63) is 34.9 Å². The standard InChI is InChI=1S/C8H5ClN2O3S/c9-15(13,14)5-1-2-7-6(3-5)8(12)11-4-10-7/h1-4H,(H,10,11,12). The van der Waals surface area contributed by atoms with Crippen molar-refractivity contribution in [2.24, 2.45) is 0 Å². The number of benzene rings is 1. The Balaban J connectivity index is 2.88. The summed E-state index contributed by atoms with van der Waals surface area (Å²) < 4.78 is 22.0. The number of aromatic nitrogens is 2. The number of hydrogen-bond donors (Lipinski definition) is 1. The van der Waals surface area contributed by atoms with Gasteiger partial charge >= 0.3 is 0 Å². The zero-order chi connectivity index (χ0) is 11.1. The van der Waals surface area contributed by atoms with Gasteiger partial charge in [0.2, 0.25) is 0 Å². The number of rotatable bonds is 1. The third-order valence-electron chi connectivity index (χ3n) is 1.89. The summed E-state index contributed by atoms with van der Waals surface area (Å²) in [5.41, 5.74) is 0.0185. The SMILES string of the molecule is O=c1[nH]cnc2ccc(S(=O)(=O)Cl)cc12. The van der Waals surface area contributed by atoms with Crippen LogP contribution in [0.1, 0.15) is 0 Å². The summed E-state index contributed by atoms with van der Waals surface area (Å²) >= 11 is 0. The summed E-state index contributed by atoms with van der Waals surface area (Å²) in [6.45, 7) is 0. The lowest BCUT2D eigenvalue weighted by Gasteiger charge is -1.98. The number of aromatic amines is 1. The highest BCUT2D eigenvalue weighted by atomic mass is 35.7. The maximum absolute atomic E-state index is 11.3.